The molecule has 0 radical (unpaired) electrons. The predicted octanol–water partition coefficient (Wildman–Crippen LogP) is 1.89. The van der Waals surface area contributed by atoms with Crippen LogP contribution in [-0.2, 0) is 0 Å². The molecule has 1 aromatic rings. The third-order valence-electron chi connectivity index (χ3n) is 2.32. The predicted molar refractivity (Wildman–Crippen MR) is 70.0 cm³/mol. The summed E-state index contributed by atoms with van der Waals surface area (Å²) >= 11 is 5.77. The second kappa shape index (κ2) is 6.15. The van der Waals surface area contributed by atoms with Crippen LogP contribution < -0.4 is 10.1 Å². The Kier molecular flexibility index (Phi) is 5.10. The Morgan fingerprint density at radius 1 is 1.39 bits per heavy atom. The first-order valence-electron chi connectivity index (χ1n) is 5.87. The zero-order valence-electron chi connectivity index (χ0n) is 11.1. The van der Waals surface area contributed by atoms with Crippen LogP contribution in [0.4, 0.5) is 5.95 Å². The van der Waals surface area contributed by atoms with Crippen molar-refractivity contribution in [3.63, 3.8) is 0 Å². The average Bonchev–Trinajstić information content (AvgIpc) is 2.25. The minimum atomic E-state index is -0.821. The number of hydrogen-bond donors (Lipinski definition) is 2. The molecule has 0 saturated carbocycles. The third kappa shape index (κ3) is 5.01. The van der Waals surface area contributed by atoms with Gasteiger partial charge in [-0.15, -0.1) is 0 Å². The molecule has 0 aliphatic carbocycles. The standard InChI is InChI=1S/C11H19ClN4O2/c1-5-11(4,17)6-13-9-14-8(12)15-10(16-9)18-7(2)3/h7,17H,5-6H2,1-4H3,(H,13,14,15,16). The number of halogens is 1. The van der Waals surface area contributed by atoms with Gasteiger partial charge in [0.1, 0.15) is 0 Å². The van der Waals surface area contributed by atoms with Crippen molar-refractivity contribution in [2.24, 2.45) is 0 Å². The lowest BCUT2D eigenvalue weighted by molar-refractivity contribution is 0.0695. The molecule has 1 heterocycles. The van der Waals surface area contributed by atoms with Crippen LogP contribution in [0.3, 0.4) is 0 Å². The summed E-state index contributed by atoms with van der Waals surface area (Å²) in [5.74, 6) is 0.291. The van der Waals surface area contributed by atoms with E-state index in [0.717, 1.165) is 0 Å². The van der Waals surface area contributed by atoms with E-state index in [0.29, 0.717) is 18.9 Å². The lowest BCUT2D eigenvalue weighted by Gasteiger charge is -2.21. The molecular formula is C11H19ClN4O2. The number of rotatable bonds is 6. The normalized spacial score (nSPS) is 14.4. The van der Waals surface area contributed by atoms with Crippen LogP contribution >= 0.6 is 11.6 Å². The first-order chi connectivity index (χ1) is 8.32. The molecule has 1 rings (SSSR count). The fourth-order valence-corrected chi connectivity index (χ4v) is 1.22. The minimum absolute atomic E-state index is 0.0462. The SMILES string of the molecule is CCC(C)(O)CNc1nc(Cl)nc(OC(C)C)n1. The van der Waals surface area contributed by atoms with Crippen LogP contribution in [0.25, 0.3) is 0 Å². The van der Waals surface area contributed by atoms with Crippen molar-refractivity contribution in [3.8, 4) is 6.01 Å². The van der Waals surface area contributed by atoms with Gasteiger partial charge in [0.05, 0.1) is 11.7 Å². The Morgan fingerprint density at radius 2 is 2.06 bits per heavy atom. The number of hydrogen-bond acceptors (Lipinski definition) is 6. The summed E-state index contributed by atoms with van der Waals surface area (Å²) in [4.78, 5) is 11.8. The number of aliphatic hydroxyl groups is 1. The van der Waals surface area contributed by atoms with Crippen molar-refractivity contribution in [2.45, 2.75) is 45.8 Å². The largest absolute Gasteiger partial charge is 0.461 e. The van der Waals surface area contributed by atoms with Crippen molar-refractivity contribution in [1.82, 2.24) is 15.0 Å². The molecule has 0 fully saturated rings. The van der Waals surface area contributed by atoms with Gasteiger partial charge in [-0.2, -0.15) is 15.0 Å². The molecular weight excluding hydrogens is 256 g/mol. The van der Waals surface area contributed by atoms with Crippen molar-refractivity contribution >= 4 is 17.5 Å². The topological polar surface area (TPSA) is 80.2 Å². The first-order valence-corrected chi connectivity index (χ1v) is 6.24. The second-order valence-electron chi connectivity index (χ2n) is 4.58. The summed E-state index contributed by atoms with van der Waals surface area (Å²) in [7, 11) is 0. The molecule has 1 aromatic heterocycles. The van der Waals surface area contributed by atoms with Crippen molar-refractivity contribution < 1.29 is 9.84 Å². The Bertz CT molecular complexity index is 399. The second-order valence-corrected chi connectivity index (χ2v) is 4.92. The van der Waals surface area contributed by atoms with Crippen LogP contribution in [0.15, 0.2) is 0 Å². The van der Waals surface area contributed by atoms with Crippen LogP contribution in [0.5, 0.6) is 6.01 Å². The lowest BCUT2D eigenvalue weighted by atomic mass is 10.0. The molecule has 2 N–H and O–H groups in total. The van der Waals surface area contributed by atoms with Gasteiger partial charge in [0.15, 0.2) is 0 Å². The summed E-state index contributed by atoms with van der Waals surface area (Å²) in [5.41, 5.74) is -0.821. The number of ether oxygens (including phenoxy) is 1. The van der Waals surface area contributed by atoms with Gasteiger partial charge in [-0.3, -0.25) is 0 Å². The third-order valence-corrected chi connectivity index (χ3v) is 2.49. The monoisotopic (exact) mass is 274 g/mol. The van der Waals surface area contributed by atoms with Crippen molar-refractivity contribution in [2.75, 3.05) is 11.9 Å². The minimum Gasteiger partial charge on any atom is -0.461 e. The summed E-state index contributed by atoms with van der Waals surface area (Å²) in [6, 6.07) is 0.170. The molecule has 0 saturated heterocycles. The van der Waals surface area contributed by atoms with Gasteiger partial charge < -0.3 is 15.2 Å². The molecule has 1 unspecified atom stereocenters. The van der Waals surface area contributed by atoms with Crippen molar-refractivity contribution in [1.29, 1.82) is 0 Å². The maximum atomic E-state index is 9.87. The van der Waals surface area contributed by atoms with E-state index in [1.54, 1.807) is 6.92 Å². The molecule has 18 heavy (non-hydrogen) atoms. The molecule has 0 aliphatic heterocycles. The summed E-state index contributed by atoms with van der Waals surface area (Å²) in [5, 5.41) is 12.8. The van der Waals surface area contributed by atoms with Crippen LogP contribution in [0, 0.1) is 0 Å². The molecule has 7 heteroatoms. The maximum absolute atomic E-state index is 9.87. The van der Waals surface area contributed by atoms with Gasteiger partial charge in [-0.05, 0) is 38.8 Å². The maximum Gasteiger partial charge on any atom is 0.322 e. The van der Waals surface area contributed by atoms with Crippen LogP contribution in [0.1, 0.15) is 34.1 Å². The van der Waals surface area contributed by atoms with Gasteiger partial charge in [-0.25, -0.2) is 0 Å². The molecule has 102 valence electrons. The fraction of sp³-hybridized carbons (Fsp3) is 0.727. The van der Waals surface area contributed by atoms with E-state index in [4.69, 9.17) is 16.3 Å². The van der Waals surface area contributed by atoms with E-state index in [1.807, 2.05) is 20.8 Å². The average molecular weight is 275 g/mol. The van der Waals surface area contributed by atoms with E-state index < -0.39 is 5.60 Å². The smallest absolute Gasteiger partial charge is 0.322 e. The Morgan fingerprint density at radius 3 is 2.61 bits per heavy atom. The zero-order chi connectivity index (χ0) is 13.8. The fourth-order valence-electron chi connectivity index (χ4n) is 1.07. The van der Waals surface area contributed by atoms with Gasteiger partial charge in [0.2, 0.25) is 11.2 Å². The Hall–Kier alpha value is -1.14. The van der Waals surface area contributed by atoms with E-state index >= 15 is 0 Å². The molecule has 1 atom stereocenters. The Balaban J connectivity index is 2.74. The first kappa shape index (κ1) is 14.9. The van der Waals surface area contributed by atoms with Gasteiger partial charge in [-0.1, -0.05) is 6.92 Å². The molecule has 0 bridgehead atoms. The van der Waals surface area contributed by atoms with Crippen LogP contribution in [-0.4, -0.2) is 38.3 Å². The molecule has 0 amide bonds. The lowest BCUT2D eigenvalue weighted by Crippen LogP contribution is -2.33. The molecule has 6 nitrogen and oxygen atoms in total. The Labute approximate surface area is 112 Å². The van der Waals surface area contributed by atoms with E-state index in [1.165, 1.54) is 0 Å². The quantitative estimate of drug-likeness (QED) is 0.824. The number of anilines is 1. The number of nitrogens with zero attached hydrogens (tertiary/aromatic N) is 3. The van der Waals surface area contributed by atoms with Crippen molar-refractivity contribution in [3.05, 3.63) is 5.28 Å². The highest BCUT2D eigenvalue weighted by atomic mass is 35.5. The van der Waals surface area contributed by atoms with Gasteiger partial charge in [0, 0.05) is 6.54 Å². The molecule has 0 aromatic carbocycles. The summed E-state index contributed by atoms with van der Waals surface area (Å²) in [6.07, 6.45) is 0.573. The van der Waals surface area contributed by atoms with Gasteiger partial charge >= 0.3 is 6.01 Å². The van der Waals surface area contributed by atoms with E-state index in [-0.39, 0.29) is 17.4 Å². The van der Waals surface area contributed by atoms with Crippen LogP contribution in [0.2, 0.25) is 5.28 Å². The zero-order valence-corrected chi connectivity index (χ0v) is 11.8. The highest BCUT2D eigenvalue weighted by Gasteiger charge is 2.18. The molecule has 0 spiro atoms. The summed E-state index contributed by atoms with van der Waals surface area (Å²) in [6.45, 7) is 7.69. The molecule has 0 aliphatic rings. The highest BCUT2D eigenvalue weighted by molar-refractivity contribution is 6.28. The number of aromatic nitrogens is 3. The van der Waals surface area contributed by atoms with E-state index in [2.05, 4.69) is 20.3 Å². The number of nitrogens with one attached hydrogen (secondary N) is 1. The highest BCUT2D eigenvalue weighted by Crippen LogP contribution is 2.14. The van der Waals surface area contributed by atoms with E-state index in [9.17, 15) is 5.11 Å². The summed E-state index contributed by atoms with van der Waals surface area (Å²) < 4.78 is 5.34. The van der Waals surface area contributed by atoms with Gasteiger partial charge in [0.25, 0.3) is 0 Å².